The highest BCUT2D eigenvalue weighted by Crippen LogP contribution is 2.38. The second-order valence-electron chi connectivity index (χ2n) is 6.30. The van der Waals surface area contributed by atoms with E-state index in [9.17, 15) is 14.7 Å². The molecule has 3 atom stereocenters. The number of likely N-dealkylation sites (tertiary alicyclic amines) is 1. The fraction of sp³-hybridized carbons (Fsp3) is 0.529. The van der Waals surface area contributed by atoms with Crippen LogP contribution in [0.4, 0.5) is 0 Å². The second kappa shape index (κ2) is 5.98. The summed E-state index contributed by atoms with van der Waals surface area (Å²) in [5, 5.41) is 9.50. The molecule has 0 radical (unpaired) electrons. The monoisotopic (exact) mass is 287 g/mol. The lowest BCUT2D eigenvalue weighted by Gasteiger charge is -2.24. The normalized spacial score (nSPS) is 27.4. The number of aldehydes is 1. The Morgan fingerprint density at radius 2 is 2.00 bits per heavy atom. The lowest BCUT2D eigenvalue weighted by molar-refractivity contribution is -0.143. The van der Waals surface area contributed by atoms with Gasteiger partial charge in [0.1, 0.15) is 12.3 Å². The molecule has 0 aromatic heterocycles. The van der Waals surface area contributed by atoms with E-state index in [0.717, 1.165) is 31.1 Å². The summed E-state index contributed by atoms with van der Waals surface area (Å²) >= 11 is 0. The Morgan fingerprint density at radius 1 is 1.29 bits per heavy atom. The van der Waals surface area contributed by atoms with E-state index in [1.165, 1.54) is 0 Å². The smallest absolute Gasteiger partial charge is 0.320 e. The summed E-state index contributed by atoms with van der Waals surface area (Å²) in [6, 6.07) is 9.52. The molecule has 1 aromatic carbocycles. The maximum atomic E-state index is 11.6. The second-order valence-corrected chi connectivity index (χ2v) is 6.30. The highest BCUT2D eigenvalue weighted by Gasteiger charge is 2.41. The molecule has 2 fully saturated rings. The van der Waals surface area contributed by atoms with Crippen LogP contribution in [0.1, 0.15) is 30.7 Å². The van der Waals surface area contributed by atoms with E-state index < -0.39 is 12.0 Å². The number of hydrogen-bond donors (Lipinski definition) is 1. The van der Waals surface area contributed by atoms with Crippen molar-refractivity contribution in [2.75, 3.05) is 13.1 Å². The fourth-order valence-electron chi connectivity index (χ4n) is 3.38. The van der Waals surface area contributed by atoms with Gasteiger partial charge in [-0.2, -0.15) is 0 Å². The molecule has 2 unspecified atom stereocenters. The number of carboxylic acid groups (broad SMARTS) is 1. The molecule has 1 saturated heterocycles. The van der Waals surface area contributed by atoms with Gasteiger partial charge in [0.05, 0.1) is 0 Å². The number of carbonyl (C=O) groups is 2. The predicted molar refractivity (Wildman–Crippen MR) is 79.1 cm³/mol. The average molecular weight is 287 g/mol. The van der Waals surface area contributed by atoms with Crippen LogP contribution in [0.5, 0.6) is 0 Å². The topological polar surface area (TPSA) is 57.6 Å². The Balaban J connectivity index is 1.76. The van der Waals surface area contributed by atoms with Crippen molar-refractivity contribution < 1.29 is 14.7 Å². The van der Waals surface area contributed by atoms with Crippen LogP contribution in [0, 0.1) is 11.8 Å². The summed E-state index contributed by atoms with van der Waals surface area (Å²) in [5.74, 6) is -0.171. The number of nitrogens with zero attached hydrogens (tertiary/aromatic N) is 1. The molecule has 0 bridgehead atoms. The summed E-state index contributed by atoms with van der Waals surface area (Å²) in [7, 11) is 0. The Kier molecular flexibility index (Phi) is 4.06. The molecular weight excluding hydrogens is 266 g/mol. The molecule has 0 spiro atoms. The third kappa shape index (κ3) is 3.16. The first-order valence-electron chi connectivity index (χ1n) is 7.66. The molecule has 1 saturated carbocycles. The third-order valence-corrected chi connectivity index (χ3v) is 4.78. The highest BCUT2D eigenvalue weighted by molar-refractivity contribution is 5.74. The van der Waals surface area contributed by atoms with Gasteiger partial charge in [-0.3, -0.25) is 9.69 Å². The largest absolute Gasteiger partial charge is 0.480 e. The van der Waals surface area contributed by atoms with Gasteiger partial charge in [0.15, 0.2) is 0 Å². The van der Waals surface area contributed by atoms with Crippen LogP contribution in [-0.4, -0.2) is 41.4 Å². The van der Waals surface area contributed by atoms with Gasteiger partial charge >= 0.3 is 5.97 Å². The van der Waals surface area contributed by atoms with Crippen molar-refractivity contribution >= 4 is 12.3 Å². The minimum Gasteiger partial charge on any atom is -0.480 e. The van der Waals surface area contributed by atoms with Crippen molar-refractivity contribution in [1.29, 1.82) is 0 Å². The molecule has 1 heterocycles. The molecule has 112 valence electrons. The summed E-state index contributed by atoms with van der Waals surface area (Å²) in [6.07, 6.45) is 4.02. The number of aliphatic carboxylic acids is 1. The van der Waals surface area contributed by atoms with Crippen LogP contribution in [0.25, 0.3) is 0 Å². The van der Waals surface area contributed by atoms with Crippen LogP contribution in [0.3, 0.4) is 0 Å². The van der Waals surface area contributed by atoms with Crippen molar-refractivity contribution in [3.05, 3.63) is 35.9 Å². The first kappa shape index (κ1) is 14.3. The van der Waals surface area contributed by atoms with Gasteiger partial charge in [0, 0.05) is 24.9 Å². The number of benzene rings is 1. The number of carboxylic acids is 1. The SMILES string of the molecule is O=CC1CN([C@H](CC2CC2)C(=O)O)CC1c1ccccc1. The van der Waals surface area contributed by atoms with Crippen molar-refractivity contribution in [2.24, 2.45) is 11.8 Å². The molecule has 1 aliphatic heterocycles. The Morgan fingerprint density at radius 3 is 2.57 bits per heavy atom. The van der Waals surface area contributed by atoms with Gasteiger partial charge < -0.3 is 9.90 Å². The highest BCUT2D eigenvalue weighted by atomic mass is 16.4. The maximum absolute atomic E-state index is 11.6. The Bertz CT molecular complexity index is 512. The van der Waals surface area contributed by atoms with Crippen LogP contribution in [0.2, 0.25) is 0 Å². The first-order chi connectivity index (χ1) is 10.2. The van der Waals surface area contributed by atoms with E-state index in [1.54, 1.807) is 0 Å². The molecule has 2 aliphatic rings. The van der Waals surface area contributed by atoms with Crippen LogP contribution in [0.15, 0.2) is 30.3 Å². The van der Waals surface area contributed by atoms with Crippen molar-refractivity contribution in [3.63, 3.8) is 0 Å². The summed E-state index contributed by atoms with van der Waals surface area (Å²) in [6.45, 7) is 1.23. The number of hydrogen-bond acceptors (Lipinski definition) is 3. The quantitative estimate of drug-likeness (QED) is 0.815. The van der Waals surface area contributed by atoms with E-state index in [1.807, 2.05) is 35.2 Å². The third-order valence-electron chi connectivity index (χ3n) is 4.78. The van der Waals surface area contributed by atoms with Gasteiger partial charge in [0.2, 0.25) is 0 Å². The van der Waals surface area contributed by atoms with E-state index in [-0.39, 0.29) is 11.8 Å². The van der Waals surface area contributed by atoms with Gasteiger partial charge in [-0.1, -0.05) is 43.2 Å². The predicted octanol–water partition coefficient (Wildman–Crippen LogP) is 2.15. The van der Waals surface area contributed by atoms with E-state index in [0.29, 0.717) is 19.0 Å². The Hall–Kier alpha value is -1.68. The standard InChI is InChI=1S/C17H21NO3/c19-11-14-9-18(16(17(20)21)8-12-6-7-12)10-15(14)13-4-2-1-3-5-13/h1-5,11-12,14-16H,6-10H2,(H,20,21)/t14?,15?,16-/m1/s1. The molecule has 4 heteroatoms. The molecular formula is C17H21NO3. The van der Waals surface area contributed by atoms with Gasteiger partial charge in [-0.25, -0.2) is 0 Å². The van der Waals surface area contributed by atoms with E-state index in [2.05, 4.69) is 0 Å². The van der Waals surface area contributed by atoms with Crippen LogP contribution >= 0.6 is 0 Å². The lowest BCUT2D eigenvalue weighted by atomic mass is 9.90. The lowest BCUT2D eigenvalue weighted by Crippen LogP contribution is -2.40. The molecule has 4 nitrogen and oxygen atoms in total. The zero-order chi connectivity index (χ0) is 14.8. The average Bonchev–Trinajstić information content (AvgIpc) is 3.22. The van der Waals surface area contributed by atoms with Crippen molar-refractivity contribution in [2.45, 2.75) is 31.2 Å². The van der Waals surface area contributed by atoms with Gasteiger partial charge in [0.25, 0.3) is 0 Å². The number of carbonyl (C=O) groups excluding carboxylic acids is 1. The summed E-state index contributed by atoms with van der Waals surface area (Å²) < 4.78 is 0. The molecule has 1 aliphatic carbocycles. The zero-order valence-electron chi connectivity index (χ0n) is 12.0. The minimum atomic E-state index is -0.750. The first-order valence-corrected chi connectivity index (χ1v) is 7.66. The van der Waals surface area contributed by atoms with Crippen molar-refractivity contribution in [1.82, 2.24) is 4.90 Å². The zero-order valence-corrected chi connectivity index (χ0v) is 12.0. The van der Waals surface area contributed by atoms with E-state index >= 15 is 0 Å². The molecule has 3 rings (SSSR count). The maximum Gasteiger partial charge on any atom is 0.320 e. The summed E-state index contributed by atoms with van der Waals surface area (Å²) in [5.41, 5.74) is 1.13. The molecule has 21 heavy (non-hydrogen) atoms. The minimum absolute atomic E-state index is 0.103. The van der Waals surface area contributed by atoms with Crippen molar-refractivity contribution in [3.8, 4) is 0 Å². The molecule has 0 amide bonds. The van der Waals surface area contributed by atoms with Crippen LogP contribution < -0.4 is 0 Å². The van der Waals surface area contributed by atoms with Gasteiger partial charge in [-0.15, -0.1) is 0 Å². The molecule has 1 aromatic rings. The summed E-state index contributed by atoms with van der Waals surface area (Å²) in [4.78, 5) is 24.9. The number of rotatable bonds is 6. The van der Waals surface area contributed by atoms with Crippen LogP contribution in [-0.2, 0) is 9.59 Å². The van der Waals surface area contributed by atoms with E-state index in [4.69, 9.17) is 0 Å². The Labute approximate surface area is 124 Å². The fourth-order valence-corrected chi connectivity index (χ4v) is 3.38. The molecule has 1 N–H and O–H groups in total. The van der Waals surface area contributed by atoms with Gasteiger partial charge in [-0.05, 0) is 17.9 Å².